The van der Waals surface area contributed by atoms with Crippen molar-refractivity contribution in [3.63, 3.8) is 0 Å². The lowest BCUT2D eigenvalue weighted by Crippen LogP contribution is -2.54. The molecule has 23 heavy (non-hydrogen) atoms. The molecule has 1 saturated heterocycles. The predicted octanol–water partition coefficient (Wildman–Crippen LogP) is 2.57. The van der Waals surface area contributed by atoms with Crippen LogP contribution in [-0.2, 0) is 4.79 Å². The Morgan fingerprint density at radius 3 is 2.17 bits per heavy atom. The van der Waals surface area contributed by atoms with Gasteiger partial charge in [-0.25, -0.2) is 0 Å². The second-order valence-corrected chi connectivity index (χ2v) is 5.70. The van der Waals surface area contributed by atoms with Crippen LogP contribution in [0.2, 0.25) is 0 Å². The summed E-state index contributed by atoms with van der Waals surface area (Å²) < 4.78 is 38.1. The van der Waals surface area contributed by atoms with E-state index in [4.69, 9.17) is 0 Å². The number of amides is 1. The zero-order valence-corrected chi connectivity index (χ0v) is 12.5. The van der Waals surface area contributed by atoms with Gasteiger partial charge in [0.2, 0.25) is 5.91 Å². The van der Waals surface area contributed by atoms with Gasteiger partial charge in [0, 0.05) is 44.3 Å². The van der Waals surface area contributed by atoms with E-state index >= 15 is 0 Å². The molecule has 2 rings (SSSR count). The topological polar surface area (TPSA) is 57.6 Å². The van der Waals surface area contributed by atoms with Crippen LogP contribution in [0.5, 0.6) is 0 Å². The third-order valence-corrected chi connectivity index (χ3v) is 4.13. The van der Waals surface area contributed by atoms with Gasteiger partial charge in [0.15, 0.2) is 11.4 Å². The van der Waals surface area contributed by atoms with Gasteiger partial charge >= 0.3 is 6.18 Å². The Labute approximate surface area is 131 Å². The van der Waals surface area contributed by atoms with Crippen LogP contribution in [0.15, 0.2) is 30.3 Å². The molecule has 7 heteroatoms. The molecule has 1 N–H and O–H groups in total. The number of ketones is 1. The molecule has 0 bridgehead atoms. The van der Waals surface area contributed by atoms with Crippen LogP contribution in [-0.4, -0.2) is 46.6 Å². The Morgan fingerprint density at radius 2 is 1.65 bits per heavy atom. The normalized spacial score (nSPS) is 17.8. The average molecular weight is 329 g/mol. The molecule has 1 fully saturated rings. The van der Waals surface area contributed by atoms with Crippen molar-refractivity contribution in [3.05, 3.63) is 35.9 Å². The number of hydrogen-bond donors (Lipinski definition) is 1. The van der Waals surface area contributed by atoms with Crippen LogP contribution in [0.3, 0.4) is 0 Å². The highest BCUT2D eigenvalue weighted by Gasteiger charge is 2.54. The summed E-state index contributed by atoms with van der Waals surface area (Å²) in [7, 11) is 0. The van der Waals surface area contributed by atoms with E-state index in [0.29, 0.717) is 5.56 Å². The van der Waals surface area contributed by atoms with E-state index in [-0.39, 0.29) is 37.6 Å². The SMILES string of the molecule is O=C(CCC(=O)N1CCC(O)(C(F)(F)F)CC1)c1ccccc1. The first-order chi connectivity index (χ1) is 10.7. The van der Waals surface area contributed by atoms with Crippen molar-refractivity contribution >= 4 is 11.7 Å². The summed E-state index contributed by atoms with van der Waals surface area (Å²) in [5.41, 5.74) is -2.21. The van der Waals surface area contributed by atoms with Gasteiger partial charge in [-0.05, 0) is 0 Å². The molecule has 1 aromatic carbocycles. The van der Waals surface area contributed by atoms with Crippen molar-refractivity contribution in [2.24, 2.45) is 0 Å². The number of rotatable bonds is 4. The minimum absolute atomic E-state index is 0.0168. The van der Waals surface area contributed by atoms with Crippen LogP contribution in [0.25, 0.3) is 0 Å². The molecular weight excluding hydrogens is 311 g/mol. The van der Waals surface area contributed by atoms with Gasteiger partial charge < -0.3 is 10.0 Å². The van der Waals surface area contributed by atoms with Gasteiger partial charge in [0.1, 0.15) is 0 Å². The molecule has 0 aliphatic carbocycles. The van der Waals surface area contributed by atoms with Gasteiger partial charge in [0.05, 0.1) is 0 Å². The minimum atomic E-state index is -4.69. The highest BCUT2D eigenvalue weighted by atomic mass is 19.4. The van der Waals surface area contributed by atoms with E-state index in [1.54, 1.807) is 30.3 Å². The zero-order valence-electron chi connectivity index (χ0n) is 12.5. The molecule has 0 spiro atoms. The molecule has 126 valence electrons. The molecule has 1 heterocycles. The monoisotopic (exact) mass is 329 g/mol. The molecule has 1 aromatic rings. The number of Topliss-reactive ketones (excluding diaryl/α,β-unsaturated/α-hetero) is 1. The van der Waals surface area contributed by atoms with Crippen LogP contribution in [0.4, 0.5) is 13.2 Å². The Hall–Kier alpha value is -1.89. The van der Waals surface area contributed by atoms with Gasteiger partial charge in [-0.1, -0.05) is 30.3 Å². The molecule has 0 atom stereocenters. The lowest BCUT2D eigenvalue weighted by molar-refractivity contribution is -0.272. The summed E-state index contributed by atoms with van der Waals surface area (Å²) in [6.07, 6.45) is -5.78. The summed E-state index contributed by atoms with van der Waals surface area (Å²) in [6.45, 7) is -0.317. The van der Waals surface area contributed by atoms with Crippen molar-refractivity contribution in [2.75, 3.05) is 13.1 Å². The maximum Gasteiger partial charge on any atom is 0.417 e. The standard InChI is InChI=1S/C16H18F3NO3/c17-16(18,19)15(23)8-10-20(11-9-15)14(22)7-6-13(21)12-4-2-1-3-5-12/h1-5,23H,6-11H2. The van der Waals surface area contributed by atoms with Gasteiger partial charge in [-0.3, -0.25) is 9.59 Å². The molecule has 1 aliphatic rings. The molecule has 1 amide bonds. The highest BCUT2D eigenvalue weighted by molar-refractivity contribution is 5.97. The molecule has 1 aliphatic heterocycles. The quantitative estimate of drug-likeness (QED) is 0.864. The van der Waals surface area contributed by atoms with Crippen LogP contribution < -0.4 is 0 Å². The van der Waals surface area contributed by atoms with Gasteiger partial charge in [-0.15, -0.1) is 0 Å². The number of alkyl halides is 3. The summed E-state index contributed by atoms with van der Waals surface area (Å²) in [6, 6.07) is 8.51. The summed E-state index contributed by atoms with van der Waals surface area (Å²) >= 11 is 0. The average Bonchev–Trinajstić information content (AvgIpc) is 2.53. The number of piperidine rings is 1. The second-order valence-electron chi connectivity index (χ2n) is 5.70. The number of likely N-dealkylation sites (tertiary alicyclic amines) is 1. The van der Waals surface area contributed by atoms with E-state index in [9.17, 15) is 27.9 Å². The zero-order chi connectivity index (χ0) is 17.1. The predicted molar refractivity (Wildman–Crippen MR) is 76.8 cm³/mol. The summed E-state index contributed by atoms with van der Waals surface area (Å²) in [5, 5.41) is 9.56. The first-order valence-electron chi connectivity index (χ1n) is 7.38. The minimum Gasteiger partial charge on any atom is -0.380 e. The Morgan fingerprint density at radius 1 is 1.09 bits per heavy atom. The number of benzene rings is 1. The maximum atomic E-state index is 12.7. The van der Waals surface area contributed by atoms with Crippen molar-refractivity contribution in [1.29, 1.82) is 0 Å². The smallest absolute Gasteiger partial charge is 0.380 e. The number of aliphatic hydroxyl groups is 1. The van der Waals surface area contributed by atoms with Crippen molar-refractivity contribution in [2.45, 2.75) is 37.5 Å². The Bertz CT molecular complexity index is 564. The van der Waals surface area contributed by atoms with Crippen molar-refractivity contribution in [1.82, 2.24) is 4.90 Å². The third-order valence-electron chi connectivity index (χ3n) is 4.13. The molecule has 0 radical (unpaired) electrons. The Balaban J connectivity index is 1.83. The van der Waals surface area contributed by atoms with Crippen LogP contribution in [0, 0.1) is 0 Å². The number of carbonyl (C=O) groups excluding carboxylic acids is 2. The first-order valence-corrected chi connectivity index (χ1v) is 7.38. The number of hydrogen-bond acceptors (Lipinski definition) is 3. The highest BCUT2D eigenvalue weighted by Crippen LogP contribution is 2.38. The van der Waals surface area contributed by atoms with E-state index in [0.717, 1.165) is 0 Å². The summed E-state index contributed by atoms with van der Waals surface area (Å²) in [4.78, 5) is 25.2. The van der Waals surface area contributed by atoms with Crippen LogP contribution >= 0.6 is 0 Å². The van der Waals surface area contributed by atoms with Crippen molar-refractivity contribution < 1.29 is 27.9 Å². The fraction of sp³-hybridized carbons (Fsp3) is 0.500. The lowest BCUT2D eigenvalue weighted by atomic mass is 9.90. The van der Waals surface area contributed by atoms with E-state index < -0.39 is 24.6 Å². The molecule has 4 nitrogen and oxygen atoms in total. The van der Waals surface area contributed by atoms with Crippen LogP contribution in [0.1, 0.15) is 36.0 Å². The van der Waals surface area contributed by atoms with E-state index in [1.807, 2.05) is 0 Å². The first kappa shape index (κ1) is 17.5. The van der Waals surface area contributed by atoms with Gasteiger partial charge in [-0.2, -0.15) is 13.2 Å². The Kier molecular flexibility index (Phi) is 5.09. The fourth-order valence-corrected chi connectivity index (χ4v) is 2.56. The lowest BCUT2D eigenvalue weighted by Gasteiger charge is -2.39. The maximum absolute atomic E-state index is 12.7. The number of nitrogens with zero attached hydrogens (tertiary/aromatic N) is 1. The molecule has 0 aromatic heterocycles. The second kappa shape index (κ2) is 6.70. The van der Waals surface area contributed by atoms with Gasteiger partial charge in [0.25, 0.3) is 0 Å². The largest absolute Gasteiger partial charge is 0.417 e. The van der Waals surface area contributed by atoms with E-state index in [2.05, 4.69) is 0 Å². The van der Waals surface area contributed by atoms with Crippen molar-refractivity contribution in [3.8, 4) is 0 Å². The fourth-order valence-electron chi connectivity index (χ4n) is 2.56. The number of carbonyl (C=O) groups is 2. The van der Waals surface area contributed by atoms with E-state index in [1.165, 1.54) is 4.90 Å². The number of halogens is 3. The molecule has 0 saturated carbocycles. The molecule has 0 unspecified atom stereocenters. The third kappa shape index (κ3) is 4.10. The summed E-state index contributed by atoms with van der Waals surface area (Å²) in [5.74, 6) is -0.540. The molecular formula is C16H18F3NO3.